The molecule has 0 saturated carbocycles. The smallest absolute Gasteiger partial charge is 0.253 e. The molecule has 2 heterocycles. The van der Waals surface area contributed by atoms with Gasteiger partial charge in [-0.2, -0.15) is 0 Å². The lowest BCUT2D eigenvalue weighted by Crippen LogP contribution is -2.29. The maximum Gasteiger partial charge on any atom is 0.253 e. The van der Waals surface area contributed by atoms with Crippen LogP contribution in [0.15, 0.2) is 42.6 Å². The van der Waals surface area contributed by atoms with E-state index in [1.807, 2.05) is 36.2 Å². The van der Waals surface area contributed by atoms with E-state index in [9.17, 15) is 4.79 Å². The molecule has 3 rings (SSSR count). The van der Waals surface area contributed by atoms with Gasteiger partial charge in [0.1, 0.15) is 5.75 Å². The van der Waals surface area contributed by atoms with Gasteiger partial charge in [0.15, 0.2) is 0 Å². The van der Waals surface area contributed by atoms with Gasteiger partial charge in [-0.3, -0.25) is 9.78 Å². The minimum Gasteiger partial charge on any atom is -0.492 e. The summed E-state index contributed by atoms with van der Waals surface area (Å²) in [4.78, 5) is 19.0. The third-order valence-corrected chi connectivity index (χ3v) is 4.57. The number of likely N-dealkylation sites (tertiary alicyclic amines) is 1. The molecule has 0 radical (unpaired) electrons. The molecule has 5 heteroatoms. The van der Waals surface area contributed by atoms with Crippen molar-refractivity contribution in [1.29, 1.82) is 0 Å². The average Bonchev–Trinajstić information content (AvgIpc) is 3.05. The maximum absolute atomic E-state index is 12.7. The predicted octanol–water partition coefficient (Wildman–Crippen LogP) is 3.84. The molecule has 24 heavy (non-hydrogen) atoms. The lowest BCUT2D eigenvalue weighted by atomic mass is 10.0. The first kappa shape index (κ1) is 16.8. The van der Waals surface area contributed by atoms with Crippen LogP contribution in [-0.4, -0.2) is 35.5 Å². The number of amides is 1. The Hall–Kier alpha value is -2.07. The summed E-state index contributed by atoms with van der Waals surface area (Å²) >= 11 is 6.19. The summed E-state index contributed by atoms with van der Waals surface area (Å²) < 4.78 is 5.42. The summed E-state index contributed by atoms with van der Waals surface area (Å²) in [5.41, 5.74) is 1.70. The Labute approximate surface area is 147 Å². The van der Waals surface area contributed by atoms with E-state index in [-0.39, 0.29) is 5.91 Å². The fourth-order valence-electron chi connectivity index (χ4n) is 3.09. The number of aromatic nitrogens is 1. The molecule has 4 nitrogen and oxygen atoms in total. The summed E-state index contributed by atoms with van der Waals surface area (Å²) in [5, 5.41) is 0.479. The molecule has 0 bridgehead atoms. The van der Waals surface area contributed by atoms with Gasteiger partial charge in [0.2, 0.25) is 0 Å². The number of carbonyl (C=O) groups excluding carboxylic acids is 1. The van der Waals surface area contributed by atoms with Crippen LogP contribution < -0.4 is 4.74 Å². The highest BCUT2D eigenvalue weighted by atomic mass is 35.5. The van der Waals surface area contributed by atoms with Crippen molar-refractivity contribution in [3.63, 3.8) is 0 Å². The molecule has 0 N–H and O–H groups in total. The molecule has 1 atom stereocenters. The van der Waals surface area contributed by atoms with Gasteiger partial charge in [0, 0.05) is 30.5 Å². The zero-order valence-corrected chi connectivity index (χ0v) is 14.5. The zero-order chi connectivity index (χ0) is 16.9. The Morgan fingerprint density at radius 3 is 2.96 bits per heavy atom. The van der Waals surface area contributed by atoms with Crippen LogP contribution in [0.4, 0.5) is 0 Å². The van der Waals surface area contributed by atoms with Gasteiger partial charge < -0.3 is 9.64 Å². The van der Waals surface area contributed by atoms with Crippen molar-refractivity contribution in [2.45, 2.75) is 19.8 Å². The largest absolute Gasteiger partial charge is 0.492 e. The molecule has 0 spiro atoms. The molecule has 1 aromatic carbocycles. The van der Waals surface area contributed by atoms with E-state index in [1.165, 1.54) is 0 Å². The summed E-state index contributed by atoms with van der Waals surface area (Å²) in [6, 6.07) is 11.2. The standard InChI is InChI=1S/C19H21ClN2O2/c1-2-24-18-7-6-15(12-17(18)20)19(23)22-10-8-14(13-22)11-16-5-3-4-9-21-16/h3-7,9,12,14H,2,8,10-11,13H2,1H3. The highest BCUT2D eigenvalue weighted by Crippen LogP contribution is 2.27. The zero-order valence-electron chi connectivity index (χ0n) is 13.7. The molecule has 126 valence electrons. The summed E-state index contributed by atoms with van der Waals surface area (Å²) in [5.74, 6) is 1.11. The van der Waals surface area contributed by atoms with Crippen LogP contribution in [-0.2, 0) is 6.42 Å². The first-order valence-corrected chi connectivity index (χ1v) is 8.66. The lowest BCUT2D eigenvalue weighted by Gasteiger charge is -2.17. The molecule has 1 aliphatic rings. The number of rotatable bonds is 5. The third-order valence-electron chi connectivity index (χ3n) is 4.28. The van der Waals surface area contributed by atoms with Crippen LogP contribution >= 0.6 is 11.6 Å². The number of benzene rings is 1. The number of pyridine rings is 1. The van der Waals surface area contributed by atoms with E-state index in [0.717, 1.165) is 31.6 Å². The van der Waals surface area contributed by atoms with Gasteiger partial charge in [0.05, 0.1) is 11.6 Å². The number of halogens is 1. The second-order valence-electron chi connectivity index (χ2n) is 6.01. The average molecular weight is 345 g/mol. The Kier molecular flexibility index (Phi) is 5.36. The van der Waals surface area contributed by atoms with Crippen molar-refractivity contribution in [3.05, 3.63) is 58.9 Å². The number of carbonyl (C=O) groups is 1. The fourth-order valence-corrected chi connectivity index (χ4v) is 3.32. The SMILES string of the molecule is CCOc1ccc(C(=O)N2CCC(Cc3ccccn3)C2)cc1Cl. The second-order valence-corrected chi connectivity index (χ2v) is 6.42. The van der Waals surface area contributed by atoms with Crippen LogP contribution in [0, 0.1) is 5.92 Å². The van der Waals surface area contributed by atoms with Gasteiger partial charge >= 0.3 is 0 Å². The molecule has 1 unspecified atom stereocenters. The molecule has 0 aliphatic carbocycles. The Morgan fingerprint density at radius 1 is 1.38 bits per heavy atom. The quantitative estimate of drug-likeness (QED) is 0.827. The molecule has 1 amide bonds. The van der Waals surface area contributed by atoms with E-state index in [0.29, 0.717) is 28.9 Å². The van der Waals surface area contributed by atoms with Gasteiger partial charge in [-0.05, 0) is 56.0 Å². The number of hydrogen-bond acceptors (Lipinski definition) is 3. The number of nitrogens with zero attached hydrogens (tertiary/aromatic N) is 2. The van der Waals surface area contributed by atoms with Crippen LogP contribution in [0.2, 0.25) is 5.02 Å². The first-order valence-electron chi connectivity index (χ1n) is 8.29. The molecular weight excluding hydrogens is 324 g/mol. The van der Waals surface area contributed by atoms with Gasteiger partial charge in [-0.1, -0.05) is 17.7 Å². The Balaban J connectivity index is 1.63. The van der Waals surface area contributed by atoms with Crippen molar-refractivity contribution < 1.29 is 9.53 Å². The molecule has 1 saturated heterocycles. The topological polar surface area (TPSA) is 42.4 Å². The lowest BCUT2D eigenvalue weighted by molar-refractivity contribution is 0.0787. The normalized spacial score (nSPS) is 17.1. The van der Waals surface area contributed by atoms with Crippen LogP contribution in [0.1, 0.15) is 29.4 Å². The molecular formula is C19H21ClN2O2. The van der Waals surface area contributed by atoms with E-state index < -0.39 is 0 Å². The number of ether oxygens (including phenoxy) is 1. The van der Waals surface area contributed by atoms with Crippen molar-refractivity contribution >= 4 is 17.5 Å². The van der Waals surface area contributed by atoms with Gasteiger partial charge in [-0.25, -0.2) is 0 Å². The highest BCUT2D eigenvalue weighted by molar-refractivity contribution is 6.32. The van der Waals surface area contributed by atoms with E-state index in [4.69, 9.17) is 16.3 Å². The van der Waals surface area contributed by atoms with E-state index in [1.54, 1.807) is 18.2 Å². The van der Waals surface area contributed by atoms with Crippen LogP contribution in [0.5, 0.6) is 5.75 Å². The van der Waals surface area contributed by atoms with Crippen molar-refractivity contribution in [3.8, 4) is 5.75 Å². The van der Waals surface area contributed by atoms with Gasteiger partial charge in [0.25, 0.3) is 5.91 Å². The molecule has 1 fully saturated rings. The van der Waals surface area contributed by atoms with E-state index >= 15 is 0 Å². The third kappa shape index (κ3) is 3.88. The van der Waals surface area contributed by atoms with E-state index in [2.05, 4.69) is 4.98 Å². The van der Waals surface area contributed by atoms with Crippen molar-refractivity contribution in [2.24, 2.45) is 5.92 Å². The second kappa shape index (κ2) is 7.67. The fraction of sp³-hybridized carbons (Fsp3) is 0.368. The maximum atomic E-state index is 12.7. The monoisotopic (exact) mass is 344 g/mol. The van der Waals surface area contributed by atoms with Crippen LogP contribution in [0.25, 0.3) is 0 Å². The Morgan fingerprint density at radius 2 is 2.25 bits per heavy atom. The minimum absolute atomic E-state index is 0.0310. The molecule has 1 aromatic heterocycles. The van der Waals surface area contributed by atoms with Crippen LogP contribution in [0.3, 0.4) is 0 Å². The van der Waals surface area contributed by atoms with Crippen molar-refractivity contribution in [2.75, 3.05) is 19.7 Å². The van der Waals surface area contributed by atoms with Crippen molar-refractivity contribution in [1.82, 2.24) is 9.88 Å². The molecule has 1 aliphatic heterocycles. The summed E-state index contributed by atoms with van der Waals surface area (Å²) in [7, 11) is 0. The summed E-state index contributed by atoms with van der Waals surface area (Å²) in [6.07, 6.45) is 3.73. The Bertz CT molecular complexity index is 706. The highest BCUT2D eigenvalue weighted by Gasteiger charge is 2.27. The summed E-state index contributed by atoms with van der Waals surface area (Å²) in [6.45, 7) is 4.00. The molecule has 2 aromatic rings. The van der Waals surface area contributed by atoms with Gasteiger partial charge in [-0.15, -0.1) is 0 Å². The minimum atomic E-state index is 0.0310. The predicted molar refractivity (Wildman–Crippen MR) is 94.6 cm³/mol. The first-order chi connectivity index (χ1) is 11.7. The number of hydrogen-bond donors (Lipinski definition) is 0.